The Bertz CT molecular complexity index is 346. The Balaban J connectivity index is 2.04. The van der Waals surface area contributed by atoms with Gasteiger partial charge < -0.3 is 9.47 Å². The molecule has 0 N–H and O–H groups in total. The molecule has 0 aliphatic carbocycles. The Kier molecular flexibility index (Phi) is 3.26. The van der Waals surface area contributed by atoms with Crippen LogP contribution in [0.5, 0.6) is 11.5 Å². The van der Waals surface area contributed by atoms with Crippen molar-refractivity contribution in [2.45, 2.75) is 32.3 Å². The lowest BCUT2D eigenvalue weighted by Crippen LogP contribution is -2.28. The Hall–Kier alpha value is -1.03. The first kappa shape index (κ1) is 10.5. The van der Waals surface area contributed by atoms with E-state index in [1.165, 1.54) is 11.3 Å². The summed E-state index contributed by atoms with van der Waals surface area (Å²) in [5.41, 5.74) is 0. The zero-order valence-electron chi connectivity index (χ0n) is 8.69. The average molecular weight is 226 g/mol. The van der Waals surface area contributed by atoms with Crippen molar-refractivity contribution < 1.29 is 14.3 Å². The van der Waals surface area contributed by atoms with Crippen LogP contribution < -0.4 is 9.47 Å². The number of unbranched alkanes of at least 4 members (excludes halogenated alkanes) is 1. The third-order valence-corrected chi connectivity index (χ3v) is 3.30. The van der Waals surface area contributed by atoms with Crippen LogP contribution in [0.1, 0.15) is 35.9 Å². The normalized spacial score (nSPS) is 18.9. The molecular formula is C11H14O3S. The van der Waals surface area contributed by atoms with E-state index in [-0.39, 0.29) is 6.10 Å². The van der Waals surface area contributed by atoms with E-state index in [1.807, 2.05) is 5.38 Å². The summed E-state index contributed by atoms with van der Waals surface area (Å²) in [6, 6.07) is 0. The molecule has 82 valence electrons. The van der Waals surface area contributed by atoms with Gasteiger partial charge in [0, 0.05) is 5.38 Å². The topological polar surface area (TPSA) is 35.5 Å². The van der Waals surface area contributed by atoms with E-state index in [2.05, 4.69) is 6.92 Å². The zero-order valence-corrected chi connectivity index (χ0v) is 9.51. The minimum absolute atomic E-state index is 0.145. The smallest absolute Gasteiger partial charge is 0.182 e. The van der Waals surface area contributed by atoms with Gasteiger partial charge in [-0.2, -0.15) is 0 Å². The molecule has 0 fully saturated rings. The molecule has 0 spiro atoms. The summed E-state index contributed by atoms with van der Waals surface area (Å²) in [6.07, 6.45) is 4.29. The SMILES string of the molecule is CCCC[C@H]1COc2c(csc2C=O)O1. The highest BCUT2D eigenvalue weighted by Gasteiger charge is 2.24. The lowest BCUT2D eigenvalue weighted by Gasteiger charge is -2.24. The second kappa shape index (κ2) is 4.66. The number of hydrogen-bond donors (Lipinski definition) is 0. The molecule has 1 aliphatic heterocycles. The molecule has 0 unspecified atom stereocenters. The van der Waals surface area contributed by atoms with Gasteiger partial charge in [-0.1, -0.05) is 13.3 Å². The van der Waals surface area contributed by atoms with Gasteiger partial charge in [0.1, 0.15) is 17.6 Å². The Labute approximate surface area is 93.0 Å². The summed E-state index contributed by atoms with van der Waals surface area (Å²) in [4.78, 5) is 11.3. The minimum atomic E-state index is 0.145. The highest BCUT2D eigenvalue weighted by molar-refractivity contribution is 7.12. The monoisotopic (exact) mass is 226 g/mol. The van der Waals surface area contributed by atoms with Crippen molar-refractivity contribution in [1.29, 1.82) is 0 Å². The molecule has 1 aromatic rings. The van der Waals surface area contributed by atoms with Crippen LogP contribution in [-0.4, -0.2) is 19.0 Å². The van der Waals surface area contributed by atoms with E-state index >= 15 is 0 Å². The highest BCUT2D eigenvalue weighted by Crippen LogP contribution is 2.39. The Morgan fingerprint density at radius 1 is 1.67 bits per heavy atom. The maximum atomic E-state index is 10.7. The first-order valence-corrected chi connectivity index (χ1v) is 6.09. The van der Waals surface area contributed by atoms with Crippen molar-refractivity contribution in [1.82, 2.24) is 0 Å². The van der Waals surface area contributed by atoms with Crippen molar-refractivity contribution in [2.75, 3.05) is 6.61 Å². The lowest BCUT2D eigenvalue weighted by molar-refractivity contribution is 0.0831. The number of rotatable bonds is 4. The van der Waals surface area contributed by atoms with Gasteiger partial charge in [-0.3, -0.25) is 4.79 Å². The van der Waals surface area contributed by atoms with E-state index in [0.29, 0.717) is 17.2 Å². The molecule has 2 rings (SSSR count). The number of carbonyl (C=O) groups is 1. The molecule has 3 nitrogen and oxygen atoms in total. The summed E-state index contributed by atoms with van der Waals surface area (Å²) in [5, 5.41) is 1.84. The van der Waals surface area contributed by atoms with E-state index in [4.69, 9.17) is 9.47 Å². The van der Waals surface area contributed by atoms with Gasteiger partial charge in [-0.15, -0.1) is 11.3 Å². The van der Waals surface area contributed by atoms with Gasteiger partial charge >= 0.3 is 0 Å². The van der Waals surface area contributed by atoms with Crippen molar-refractivity contribution in [3.63, 3.8) is 0 Å². The van der Waals surface area contributed by atoms with Crippen LogP contribution in [0, 0.1) is 0 Å². The van der Waals surface area contributed by atoms with Crippen molar-refractivity contribution in [3.05, 3.63) is 10.3 Å². The molecule has 4 heteroatoms. The molecule has 2 heterocycles. The largest absolute Gasteiger partial charge is 0.484 e. The van der Waals surface area contributed by atoms with Crippen molar-refractivity contribution in [2.24, 2.45) is 0 Å². The van der Waals surface area contributed by atoms with Crippen LogP contribution in [0.25, 0.3) is 0 Å². The standard InChI is InChI=1S/C11H14O3S/c1-2-3-4-8-6-13-11-9(14-8)7-15-10(11)5-12/h5,7-8H,2-4,6H2,1H3/t8-/m0/s1. The van der Waals surface area contributed by atoms with E-state index < -0.39 is 0 Å². The molecule has 1 aliphatic rings. The molecular weight excluding hydrogens is 212 g/mol. The second-order valence-corrected chi connectivity index (χ2v) is 4.52. The molecule has 0 amide bonds. The first-order valence-electron chi connectivity index (χ1n) is 5.21. The maximum Gasteiger partial charge on any atom is 0.182 e. The molecule has 0 radical (unpaired) electrons. The Morgan fingerprint density at radius 3 is 3.27 bits per heavy atom. The molecule has 0 saturated heterocycles. The highest BCUT2D eigenvalue weighted by atomic mass is 32.1. The van der Waals surface area contributed by atoms with Gasteiger partial charge in [0.2, 0.25) is 0 Å². The van der Waals surface area contributed by atoms with Crippen molar-refractivity contribution in [3.8, 4) is 11.5 Å². The minimum Gasteiger partial charge on any atom is -0.484 e. The lowest BCUT2D eigenvalue weighted by atomic mass is 10.1. The van der Waals surface area contributed by atoms with Gasteiger partial charge in [0.15, 0.2) is 17.8 Å². The summed E-state index contributed by atoms with van der Waals surface area (Å²) < 4.78 is 11.3. The number of ether oxygens (including phenoxy) is 2. The zero-order chi connectivity index (χ0) is 10.7. The summed E-state index contributed by atoms with van der Waals surface area (Å²) in [7, 11) is 0. The quantitative estimate of drug-likeness (QED) is 0.740. The van der Waals surface area contributed by atoms with Crippen LogP contribution in [0.3, 0.4) is 0 Å². The average Bonchev–Trinajstić information content (AvgIpc) is 2.68. The maximum absolute atomic E-state index is 10.7. The van der Waals surface area contributed by atoms with E-state index in [1.54, 1.807) is 0 Å². The third-order valence-electron chi connectivity index (χ3n) is 2.43. The fourth-order valence-electron chi connectivity index (χ4n) is 1.61. The number of thiophene rings is 1. The van der Waals surface area contributed by atoms with Crippen LogP contribution >= 0.6 is 11.3 Å². The Morgan fingerprint density at radius 2 is 2.53 bits per heavy atom. The van der Waals surface area contributed by atoms with E-state index in [9.17, 15) is 4.79 Å². The predicted octanol–water partition coefficient (Wildman–Crippen LogP) is 2.89. The number of carbonyl (C=O) groups excluding carboxylic acids is 1. The number of hydrogen-bond acceptors (Lipinski definition) is 4. The fourth-order valence-corrected chi connectivity index (χ4v) is 2.33. The van der Waals surface area contributed by atoms with Crippen LogP contribution in [0.2, 0.25) is 0 Å². The second-order valence-electron chi connectivity index (χ2n) is 3.60. The van der Waals surface area contributed by atoms with Gasteiger partial charge in [-0.05, 0) is 12.8 Å². The predicted molar refractivity (Wildman–Crippen MR) is 59.1 cm³/mol. The molecule has 15 heavy (non-hydrogen) atoms. The molecule has 1 atom stereocenters. The van der Waals surface area contributed by atoms with E-state index in [0.717, 1.165) is 31.3 Å². The third kappa shape index (κ3) is 2.15. The first-order chi connectivity index (χ1) is 7.35. The van der Waals surface area contributed by atoms with Crippen LogP contribution in [0.4, 0.5) is 0 Å². The van der Waals surface area contributed by atoms with Crippen LogP contribution in [0.15, 0.2) is 5.38 Å². The summed E-state index contributed by atoms with van der Waals surface area (Å²) >= 11 is 1.37. The number of aldehydes is 1. The molecule has 0 saturated carbocycles. The van der Waals surface area contributed by atoms with Crippen molar-refractivity contribution >= 4 is 17.6 Å². The summed E-state index contributed by atoms with van der Waals surface area (Å²) in [5.74, 6) is 1.36. The number of fused-ring (bicyclic) bond motifs is 1. The fraction of sp³-hybridized carbons (Fsp3) is 0.545. The van der Waals surface area contributed by atoms with Gasteiger partial charge in [0.25, 0.3) is 0 Å². The molecule has 0 bridgehead atoms. The van der Waals surface area contributed by atoms with Gasteiger partial charge in [-0.25, -0.2) is 0 Å². The molecule has 0 aromatic carbocycles. The summed E-state index contributed by atoms with van der Waals surface area (Å²) in [6.45, 7) is 2.72. The van der Waals surface area contributed by atoms with Crippen LogP contribution in [-0.2, 0) is 0 Å². The molecule has 1 aromatic heterocycles. The van der Waals surface area contributed by atoms with Gasteiger partial charge in [0.05, 0.1) is 0 Å².